The Bertz CT molecular complexity index is 365. The van der Waals surface area contributed by atoms with Crippen LogP contribution in [-0.4, -0.2) is 25.7 Å². The van der Waals surface area contributed by atoms with Gasteiger partial charge in [0.15, 0.2) is 0 Å². The summed E-state index contributed by atoms with van der Waals surface area (Å²) in [5, 5.41) is 4.29. The standard InChI is InChI=1S/C13H19ClN2/c1-10-3-4-12(9-13(10)14)16-8-7-15-6-5-11(16)2/h3-4,9,11,15H,5-8H2,1-2H3. The van der Waals surface area contributed by atoms with Crippen molar-refractivity contribution in [1.82, 2.24) is 5.32 Å². The number of hydrogen-bond donors (Lipinski definition) is 1. The maximum Gasteiger partial charge on any atom is 0.0455 e. The van der Waals surface area contributed by atoms with Crippen LogP contribution in [0.15, 0.2) is 18.2 Å². The zero-order valence-electron chi connectivity index (χ0n) is 9.96. The largest absolute Gasteiger partial charge is 0.367 e. The Labute approximate surface area is 103 Å². The third kappa shape index (κ3) is 2.50. The van der Waals surface area contributed by atoms with Gasteiger partial charge in [0.1, 0.15) is 0 Å². The van der Waals surface area contributed by atoms with E-state index in [1.54, 1.807) is 0 Å². The Kier molecular flexibility index (Phi) is 3.72. The molecule has 2 rings (SSSR count). The van der Waals surface area contributed by atoms with Gasteiger partial charge in [-0.15, -0.1) is 0 Å². The minimum atomic E-state index is 0.578. The van der Waals surface area contributed by atoms with Crippen molar-refractivity contribution in [1.29, 1.82) is 0 Å². The Morgan fingerprint density at radius 2 is 2.19 bits per heavy atom. The summed E-state index contributed by atoms with van der Waals surface area (Å²) in [4.78, 5) is 2.44. The molecule has 1 N–H and O–H groups in total. The summed E-state index contributed by atoms with van der Waals surface area (Å²) >= 11 is 6.18. The fourth-order valence-electron chi connectivity index (χ4n) is 2.16. The van der Waals surface area contributed by atoms with Crippen LogP contribution in [-0.2, 0) is 0 Å². The van der Waals surface area contributed by atoms with E-state index in [-0.39, 0.29) is 0 Å². The highest BCUT2D eigenvalue weighted by atomic mass is 35.5. The normalized spacial score (nSPS) is 21.9. The average Bonchev–Trinajstić information content (AvgIpc) is 2.47. The molecule has 16 heavy (non-hydrogen) atoms. The second kappa shape index (κ2) is 5.07. The van der Waals surface area contributed by atoms with Gasteiger partial charge in [0, 0.05) is 29.8 Å². The van der Waals surface area contributed by atoms with Crippen LogP contribution in [0, 0.1) is 6.92 Å². The number of nitrogens with zero attached hydrogens (tertiary/aromatic N) is 1. The summed E-state index contributed by atoms with van der Waals surface area (Å²) in [5.74, 6) is 0. The molecule has 2 nitrogen and oxygen atoms in total. The van der Waals surface area contributed by atoms with Crippen LogP contribution in [0.2, 0.25) is 5.02 Å². The maximum atomic E-state index is 6.18. The Balaban J connectivity index is 2.23. The highest BCUT2D eigenvalue weighted by molar-refractivity contribution is 6.31. The van der Waals surface area contributed by atoms with E-state index in [0.29, 0.717) is 6.04 Å². The maximum absolute atomic E-state index is 6.18. The smallest absolute Gasteiger partial charge is 0.0455 e. The first kappa shape index (κ1) is 11.7. The summed E-state index contributed by atoms with van der Waals surface area (Å²) in [5.41, 5.74) is 2.39. The first-order valence-electron chi connectivity index (χ1n) is 5.92. The van der Waals surface area contributed by atoms with Gasteiger partial charge in [-0.2, -0.15) is 0 Å². The van der Waals surface area contributed by atoms with E-state index in [4.69, 9.17) is 11.6 Å². The van der Waals surface area contributed by atoms with Crippen LogP contribution in [0.5, 0.6) is 0 Å². The third-order valence-electron chi connectivity index (χ3n) is 3.29. The first-order chi connectivity index (χ1) is 7.68. The van der Waals surface area contributed by atoms with Gasteiger partial charge in [-0.3, -0.25) is 0 Å². The van der Waals surface area contributed by atoms with Crippen LogP contribution in [0.25, 0.3) is 0 Å². The number of rotatable bonds is 1. The lowest BCUT2D eigenvalue weighted by Crippen LogP contribution is -2.34. The molecule has 1 atom stereocenters. The highest BCUT2D eigenvalue weighted by Crippen LogP contribution is 2.25. The van der Waals surface area contributed by atoms with Crippen molar-refractivity contribution < 1.29 is 0 Å². The SMILES string of the molecule is Cc1ccc(N2CCNCCC2C)cc1Cl. The van der Waals surface area contributed by atoms with Crippen molar-refractivity contribution >= 4 is 17.3 Å². The van der Waals surface area contributed by atoms with Crippen LogP contribution in [0.4, 0.5) is 5.69 Å². The number of anilines is 1. The van der Waals surface area contributed by atoms with Crippen molar-refractivity contribution in [2.75, 3.05) is 24.5 Å². The predicted molar refractivity (Wildman–Crippen MR) is 70.5 cm³/mol. The Morgan fingerprint density at radius 3 is 2.94 bits per heavy atom. The van der Waals surface area contributed by atoms with E-state index in [1.807, 2.05) is 6.92 Å². The molecule has 1 fully saturated rings. The molecule has 0 bridgehead atoms. The zero-order chi connectivity index (χ0) is 11.5. The number of aryl methyl sites for hydroxylation is 1. The quantitative estimate of drug-likeness (QED) is 0.810. The second-order valence-corrected chi connectivity index (χ2v) is 4.92. The fraction of sp³-hybridized carbons (Fsp3) is 0.538. The van der Waals surface area contributed by atoms with Crippen LogP contribution in [0.1, 0.15) is 18.9 Å². The molecule has 0 saturated carbocycles. The molecule has 1 aliphatic heterocycles. The van der Waals surface area contributed by atoms with Crippen molar-refractivity contribution in [2.45, 2.75) is 26.3 Å². The molecule has 1 saturated heterocycles. The van der Waals surface area contributed by atoms with Crippen LogP contribution >= 0.6 is 11.6 Å². The minimum absolute atomic E-state index is 0.578. The van der Waals surface area contributed by atoms with Crippen molar-refractivity contribution in [3.8, 4) is 0 Å². The van der Waals surface area contributed by atoms with E-state index in [1.165, 1.54) is 12.1 Å². The number of benzene rings is 1. The molecule has 0 spiro atoms. The van der Waals surface area contributed by atoms with Gasteiger partial charge >= 0.3 is 0 Å². The first-order valence-corrected chi connectivity index (χ1v) is 6.30. The summed E-state index contributed by atoms with van der Waals surface area (Å²) in [6.07, 6.45) is 1.19. The predicted octanol–water partition coefficient (Wildman–Crippen LogP) is 2.84. The Hall–Kier alpha value is -0.730. The van der Waals surface area contributed by atoms with Gasteiger partial charge in [0.05, 0.1) is 0 Å². The second-order valence-electron chi connectivity index (χ2n) is 4.51. The molecule has 1 heterocycles. The van der Waals surface area contributed by atoms with Crippen LogP contribution in [0.3, 0.4) is 0 Å². The molecule has 1 aromatic carbocycles. The summed E-state index contributed by atoms with van der Waals surface area (Å²) in [6, 6.07) is 6.93. The molecule has 0 aliphatic carbocycles. The van der Waals surface area contributed by atoms with Crippen LogP contribution < -0.4 is 10.2 Å². The van der Waals surface area contributed by atoms with E-state index >= 15 is 0 Å². The number of nitrogens with one attached hydrogen (secondary N) is 1. The van der Waals surface area contributed by atoms with Gasteiger partial charge in [-0.05, 0) is 44.5 Å². The Morgan fingerprint density at radius 1 is 1.38 bits per heavy atom. The topological polar surface area (TPSA) is 15.3 Å². The van der Waals surface area contributed by atoms with E-state index in [2.05, 4.69) is 35.3 Å². The van der Waals surface area contributed by atoms with Gasteiger partial charge in [0.2, 0.25) is 0 Å². The van der Waals surface area contributed by atoms with E-state index < -0.39 is 0 Å². The monoisotopic (exact) mass is 238 g/mol. The molecule has 88 valence electrons. The van der Waals surface area contributed by atoms with Crippen molar-refractivity contribution in [2.24, 2.45) is 0 Å². The zero-order valence-corrected chi connectivity index (χ0v) is 10.7. The molecule has 0 amide bonds. The molecule has 1 unspecified atom stereocenters. The molecule has 1 aromatic rings. The molecular formula is C13H19ClN2. The highest BCUT2D eigenvalue weighted by Gasteiger charge is 2.17. The number of hydrogen-bond acceptors (Lipinski definition) is 2. The minimum Gasteiger partial charge on any atom is -0.367 e. The van der Waals surface area contributed by atoms with E-state index in [0.717, 1.165) is 30.2 Å². The lowest BCUT2D eigenvalue weighted by molar-refractivity contribution is 0.631. The summed E-state index contributed by atoms with van der Waals surface area (Å²) in [7, 11) is 0. The molecule has 1 aliphatic rings. The lowest BCUT2D eigenvalue weighted by atomic mass is 10.1. The summed E-state index contributed by atoms with van der Waals surface area (Å²) in [6.45, 7) is 7.54. The molecule has 0 radical (unpaired) electrons. The summed E-state index contributed by atoms with van der Waals surface area (Å²) < 4.78 is 0. The van der Waals surface area contributed by atoms with Gasteiger partial charge in [-0.1, -0.05) is 17.7 Å². The van der Waals surface area contributed by atoms with Crippen molar-refractivity contribution in [3.05, 3.63) is 28.8 Å². The average molecular weight is 239 g/mol. The number of halogens is 1. The molecule has 3 heteroatoms. The van der Waals surface area contributed by atoms with E-state index in [9.17, 15) is 0 Å². The van der Waals surface area contributed by atoms with Gasteiger partial charge < -0.3 is 10.2 Å². The van der Waals surface area contributed by atoms with Gasteiger partial charge in [0.25, 0.3) is 0 Å². The molecule has 0 aromatic heterocycles. The van der Waals surface area contributed by atoms with Crippen molar-refractivity contribution in [3.63, 3.8) is 0 Å². The van der Waals surface area contributed by atoms with Gasteiger partial charge in [-0.25, -0.2) is 0 Å². The lowest BCUT2D eigenvalue weighted by Gasteiger charge is -2.29. The molecular weight excluding hydrogens is 220 g/mol. The fourth-order valence-corrected chi connectivity index (χ4v) is 2.33. The third-order valence-corrected chi connectivity index (χ3v) is 3.69.